The lowest BCUT2D eigenvalue weighted by Gasteiger charge is -2.08. The Morgan fingerprint density at radius 3 is 2.75 bits per heavy atom. The number of hydrogen-bond donors (Lipinski definition) is 1. The first kappa shape index (κ1) is 14.3. The van der Waals surface area contributed by atoms with Crippen LogP contribution in [0, 0.1) is 0 Å². The summed E-state index contributed by atoms with van der Waals surface area (Å²) in [6.45, 7) is 3.80. The van der Waals surface area contributed by atoms with Crippen LogP contribution in [0.15, 0.2) is 22.6 Å². The summed E-state index contributed by atoms with van der Waals surface area (Å²) in [7, 11) is 1.50. The van der Waals surface area contributed by atoms with Crippen LogP contribution in [0.4, 0.5) is 5.69 Å². The Kier molecular flexibility index (Phi) is 4.24. The zero-order valence-corrected chi connectivity index (χ0v) is 12.1. The highest BCUT2D eigenvalue weighted by Crippen LogP contribution is 2.28. The van der Waals surface area contributed by atoms with E-state index in [2.05, 4.69) is 15.5 Å². The van der Waals surface area contributed by atoms with Gasteiger partial charge in [0.25, 0.3) is 0 Å². The van der Waals surface area contributed by atoms with Gasteiger partial charge in [-0.1, -0.05) is 25.4 Å². The summed E-state index contributed by atoms with van der Waals surface area (Å²) in [5.74, 6) is 0.352. The molecule has 20 heavy (non-hydrogen) atoms. The maximum Gasteiger partial charge on any atom is 0.313 e. The Labute approximate surface area is 121 Å². The number of carbonyl (C=O) groups excluding carboxylic acids is 1. The fourth-order valence-electron chi connectivity index (χ4n) is 1.51. The molecule has 0 unspecified atom stereocenters. The average Bonchev–Trinajstić information content (AvgIpc) is 2.89. The number of benzene rings is 1. The minimum atomic E-state index is -0.509. The highest BCUT2D eigenvalue weighted by molar-refractivity contribution is 6.31. The topological polar surface area (TPSA) is 77.2 Å². The quantitative estimate of drug-likeness (QED) is 0.937. The first-order chi connectivity index (χ1) is 9.51. The van der Waals surface area contributed by atoms with Crippen molar-refractivity contribution in [3.63, 3.8) is 0 Å². The van der Waals surface area contributed by atoms with E-state index in [0.717, 1.165) is 0 Å². The van der Waals surface area contributed by atoms with Crippen molar-refractivity contribution < 1.29 is 13.9 Å². The summed E-state index contributed by atoms with van der Waals surface area (Å²) in [6, 6.07) is 4.91. The molecule has 7 heteroatoms. The van der Waals surface area contributed by atoms with Crippen molar-refractivity contribution in [1.82, 2.24) is 10.2 Å². The second-order valence-electron chi connectivity index (χ2n) is 4.40. The fraction of sp³-hybridized carbons (Fsp3) is 0.308. The number of ether oxygens (including phenoxy) is 1. The van der Waals surface area contributed by atoms with Crippen LogP contribution in [0.5, 0.6) is 5.75 Å². The Morgan fingerprint density at radius 2 is 2.15 bits per heavy atom. The van der Waals surface area contributed by atoms with Gasteiger partial charge in [0, 0.05) is 10.9 Å². The molecule has 1 amide bonds. The molecule has 0 fully saturated rings. The maximum absolute atomic E-state index is 12.0. The molecular weight excluding hydrogens is 282 g/mol. The molecule has 1 aromatic carbocycles. The number of anilines is 1. The molecule has 106 valence electrons. The molecule has 2 aromatic rings. The lowest BCUT2D eigenvalue weighted by Crippen LogP contribution is -2.13. The molecule has 0 spiro atoms. The second kappa shape index (κ2) is 5.92. The van der Waals surface area contributed by atoms with Crippen molar-refractivity contribution in [3.8, 4) is 5.75 Å². The summed E-state index contributed by atoms with van der Waals surface area (Å²) in [6.07, 6.45) is 0. The number of methoxy groups -OCH3 is 1. The third-order valence-corrected chi connectivity index (χ3v) is 2.77. The molecule has 0 radical (unpaired) electrons. The monoisotopic (exact) mass is 295 g/mol. The van der Waals surface area contributed by atoms with E-state index in [0.29, 0.717) is 22.4 Å². The number of halogens is 1. The first-order valence-electron chi connectivity index (χ1n) is 5.99. The number of nitrogens with one attached hydrogen (secondary N) is 1. The molecule has 0 atom stereocenters. The SMILES string of the molecule is COc1ccc(Cl)cc1NC(=O)c1nnc(C(C)C)o1. The molecule has 6 nitrogen and oxygen atoms in total. The van der Waals surface area contributed by atoms with Gasteiger partial charge in [-0.2, -0.15) is 0 Å². The van der Waals surface area contributed by atoms with Crippen molar-refractivity contribution in [1.29, 1.82) is 0 Å². The van der Waals surface area contributed by atoms with Crippen LogP contribution in [0.2, 0.25) is 5.02 Å². The van der Waals surface area contributed by atoms with E-state index in [4.69, 9.17) is 20.8 Å². The third-order valence-electron chi connectivity index (χ3n) is 2.54. The van der Waals surface area contributed by atoms with E-state index in [1.54, 1.807) is 18.2 Å². The summed E-state index contributed by atoms with van der Waals surface area (Å²) in [5, 5.41) is 10.6. The van der Waals surface area contributed by atoms with E-state index in [1.807, 2.05) is 13.8 Å². The Bertz CT molecular complexity index is 625. The molecule has 1 heterocycles. The van der Waals surface area contributed by atoms with Crippen molar-refractivity contribution in [2.45, 2.75) is 19.8 Å². The number of rotatable bonds is 4. The number of carbonyl (C=O) groups is 1. The molecule has 0 saturated carbocycles. The van der Waals surface area contributed by atoms with Gasteiger partial charge < -0.3 is 14.5 Å². The lowest BCUT2D eigenvalue weighted by atomic mass is 10.2. The predicted molar refractivity (Wildman–Crippen MR) is 74.3 cm³/mol. The van der Waals surface area contributed by atoms with Crippen molar-refractivity contribution in [2.75, 3.05) is 12.4 Å². The van der Waals surface area contributed by atoms with E-state index >= 15 is 0 Å². The van der Waals surface area contributed by atoms with Gasteiger partial charge in [0.05, 0.1) is 12.8 Å². The number of amides is 1. The van der Waals surface area contributed by atoms with Crippen LogP contribution in [-0.4, -0.2) is 23.2 Å². The van der Waals surface area contributed by atoms with Gasteiger partial charge in [0.15, 0.2) is 0 Å². The standard InChI is InChI=1S/C13H14ClN3O3/c1-7(2)12-16-17-13(20-12)11(18)15-9-6-8(14)4-5-10(9)19-3/h4-7H,1-3H3,(H,15,18). The van der Waals surface area contributed by atoms with Crippen molar-refractivity contribution in [3.05, 3.63) is 35.0 Å². The second-order valence-corrected chi connectivity index (χ2v) is 4.84. The third kappa shape index (κ3) is 3.08. The van der Waals surface area contributed by atoms with Crippen molar-refractivity contribution >= 4 is 23.2 Å². The van der Waals surface area contributed by atoms with Crippen LogP contribution >= 0.6 is 11.6 Å². The molecule has 0 aliphatic carbocycles. The number of nitrogens with zero attached hydrogens (tertiary/aromatic N) is 2. The largest absolute Gasteiger partial charge is 0.495 e. The number of hydrogen-bond acceptors (Lipinski definition) is 5. The van der Waals surface area contributed by atoms with Gasteiger partial charge in [0.2, 0.25) is 5.89 Å². The minimum Gasteiger partial charge on any atom is -0.495 e. The van der Waals surface area contributed by atoms with E-state index in [9.17, 15) is 4.79 Å². The maximum atomic E-state index is 12.0. The van der Waals surface area contributed by atoms with Crippen molar-refractivity contribution in [2.24, 2.45) is 0 Å². The van der Waals surface area contributed by atoms with Crippen LogP contribution in [0.25, 0.3) is 0 Å². The molecule has 0 aliphatic heterocycles. The van der Waals surface area contributed by atoms with E-state index in [-0.39, 0.29) is 11.8 Å². The smallest absolute Gasteiger partial charge is 0.313 e. The Morgan fingerprint density at radius 1 is 1.40 bits per heavy atom. The Balaban J connectivity index is 2.20. The van der Waals surface area contributed by atoms with Crippen LogP contribution in [0.3, 0.4) is 0 Å². The highest BCUT2D eigenvalue weighted by atomic mass is 35.5. The highest BCUT2D eigenvalue weighted by Gasteiger charge is 2.18. The first-order valence-corrected chi connectivity index (χ1v) is 6.37. The van der Waals surface area contributed by atoms with Crippen LogP contribution < -0.4 is 10.1 Å². The Hall–Kier alpha value is -2.08. The van der Waals surface area contributed by atoms with Gasteiger partial charge in [-0.3, -0.25) is 4.79 Å². The van der Waals surface area contributed by atoms with Gasteiger partial charge >= 0.3 is 11.8 Å². The summed E-state index contributed by atoms with van der Waals surface area (Å²) >= 11 is 5.89. The van der Waals surface area contributed by atoms with Gasteiger partial charge in [-0.05, 0) is 18.2 Å². The molecule has 0 bridgehead atoms. The average molecular weight is 296 g/mol. The minimum absolute atomic E-state index is 0.0600. The molecule has 1 N–H and O–H groups in total. The normalized spacial score (nSPS) is 10.7. The molecular formula is C13H14ClN3O3. The van der Waals surface area contributed by atoms with Gasteiger partial charge in [-0.15, -0.1) is 10.2 Å². The molecule has 0 saturated heterocycles. The van der Waals surface area contributed by atoms with Gasteiger partial charge in [-0.25, -0.2) is 0 Å². The van der Waals surface area contributed by atoms with Crippen LogP contribution in [0.1, 0.15) is 36.3 Å². The van der Waals surface area contributed by atoms with Gasteiger partial charge in [0.1, 0.15) is 5.75 Å². The predicted octanol–water partition coefficient (Wildman–Crippen LogP) is 3.11. The summed E-state index contributed by atoms with van der Waals surface area (Å²) in [4.78, 5) is 12.0. The summed E-state index contributed by atoms with van der Waals surface area (Å²) < 4.78 is 10.4. The zero-order chi connectivity index (χ0) is 14.7. The molecule has 0 aliphatic rings. The molecule has 2 rings (SSSR count). The zero-order valence-electron chi connectivity index (χ0n) is 11.3. The number of aromatic nitrogens is 2. The molecule has 1 aromatic heterocycles. The van der Waals surface area contributed by atoms with E-state index < -0.39 is 5.91 Å². The fourth-order valence-corrected chi connectivity index (χ4v) is 1.69. The summed E-state index contributed by atoms with van der Waals surface area (Å²) in [5.41, 5.74) is 0.439. The van der Waals surface area contributed by atoms with Crippen LogP contribution in [-0.2, 0) is 0 Å². The van der Waals surface area contributed by atoms with E-state index in [1.165, 1.54) is 7.11 Å². The lowest BCUT2D eigenvalue weighted by molar-refractivity contribution is 0.0987.